The maximum atomic E-state index is 12.2. The molecule has 1 aliphatic rings. The van der Waals surface area contributed by atoms with E-state index in [0.717, 1.165) is 30.8 Å². The first-order valence-corrected chi connectivity index (χ1v) is 10.3. The van der Waals surface area contributed by atoms with E-state index in [9.17, 15) is 9.59 Å². The predicted octanol–water partition coefficient (Wildman–Crippen LogP) is -0.340. The highest BCUT2D eigenvalue weighted by atomic mass is 16.3. The van der Waals surface area contributed by atoms with Gasteiger partial charge in [0.05, 0.1) is 19.7 Å². The molecule has 2 amide bonds. The fourth-order valence-corrected chi connectivity index (χ4v) is 3.93. The highest BCUT2D eigenvalue weighted by Crippen LogP contribution is 2.18. The summed E-state index contributed by atoms with van der Waals surface area (Å²) in [6.45, 7) is 2.07. The number of rotatable bonds is 7. The maximum absolute atomic E-state index is 12.2. The largest absolute Gasteiger partial charge is 0.395 e. The fourth-order valence-electron chi connectivity index (χ4n) is 3.93. The van der Waals surface area contributed by atoms with Crippen molar-refractivity contribution in [2.24, 2.45) is 0 Å². The van der Waals surface area contributed by atoms with Crippen molar-refractivity contribution in [1.29, 1.82) is 0 Å². The second-order valence-corrected chi connectivity index (χ2v) is 7.83. The first kappa shape index (κ1) is 21.8. The molecule has 0 bridgehead atoms. The number of anilines is 1. The Kier molecular flexibility index (Phi) is 7.43. The van der Waals surface area contributed by atoms with Crippen LogP contribution in [0.4, 0.5) is 5.69 Å². The lowest BCUT2D eigenvalue weighted by Crippen LogP contribution is -3.12. The smallest absolute Gasteiger partial charge is 0.309 e. The van der Waals surface area contributed by atoms with Crippen molar-refractivity contribution in [3.05, 3.63) is 65.2 Å². The van der Waals surface area contributed by atoms with Crippen LogP contribution in [0, 0.1) is 0 Å². The second-order valence-electron chi connectivity index (χ2n) is 7.83. The van der Waals surface area contributed by atoms with E-state index in [1.165, 1.54) is 16.0 Å². The highest BCUT2D eigenvalue weighted by molar-refractivity contribution is 6.35. The Morgan fingerprint density at radius 2 is 1.70 bits per heavy atom. The third-order valence-corrected chi connectivity index (χ3v) is 5.63. The van der Waals surface area contributed by atoms with E-state index in [4.69, 9.17) is 5.11 Å². The van der Waals surface area contributed by atoms with Gasteiger partial charge in [0.2, 0.25) is 0 Å². The molecule has 1 unspecified atom stereocenters. The Bertz CT molecular complexity index is 867. The van der Waals surface area contributed by atoms with E-state index in [0.29, 0.717) is 6.54 Å². The van der Waals surface area contributed by atoms with Crippen LogP contribution in [0.15, 0.2) is 48.5 Å². The monoisotopic (exact) mass is 411 g/mol. The molecule has 0 radical (unpaired) electrons. The van der Waals surface area contributed by atoms with E-state index in [2.05, 4.69) is 64.1 Å². The van der Waals surface area contributed by atoms with Gasteiger partial charge >= 0.3 is 11.8 Å². The molecule has 30 heavy (non-hydrogen) atoms. The quantitative estimate of drug-likeness (QED) is 0.470. The van der Waals surface area contributed by atoms with Gasteiger partial charge in [0, 0.05) is 43.9 Å². The summed E-state index contributed by atoms with van der Waals surface area (Å²) in [6.07, 6.45) is 0.989. The molecule has 2 aromatic rings. The molecule has 160 valence electrons. The molecule has 0 saturated carbocycles. The number of hydrogen-bond acceptors (Lipinski definition) is 4. The van der Waals surface area contributed by atoms with Crippen LogP contribution in [0.1, 0.15) is 22.7 Å². The standard InChI is InChI=1S/C23H30N4O3/c1-26(2)20-9-7-18(8-10-20)21(15-25-23(30)22(29)24-12-14-28)27-13-11-17-5-3-4-6-19(17)16-27/h3-10,21,28H,11-16H2,1-2H3,(H,24,29)(H,25,30)/p+1/t21-/m0/s1. The van der Waals surface area contributed by atoms with Crippen LogP contribution < -0.4 is 20.4 Å². The van der Waals surface area contributed by atoms with Gasteiger partial charge in [-0.1, -0.05) is 36.4 Å². The number of nitrogens with zero attached hydrogens (tertiary/aromatic N) is 1. The molecule has 7 nitrogen and oxygen atoms in total. The fraction of sp³-hybridized carbons (Fsp3) is 0.391. The number of carbonyl (C=O) groups is 2. The Hall–Kier alpha value is -2.90. The van der Waals surface area contributed by atoms with Crippen LogP contribution in [0.25, 0.3) is 0 Å². The van der Waals surface area contributed by atoms with E-state index < -0.39 is 11.8 Å². The van der Waals surface area contributed by atoms with Crippen LogP contribution in [0.3, 0.4) is 0 Å². The summed E-state index contributed by atoms with van der Waals surface area (Å²) < 4.78 is 0. The van der Waals surface area contributed by atoms with Crippen molar-refractivity contribution in [3.8, 4) is 0 Å². The van der Waals surface area contributed by atoms with Crippen molar-refractivity contribution in [2.45, 2.75) is 19.0 Å². The molecule has 1 heterocycles. The summed E-state index contributed by atoms with van der Waals surface area (Å²) >= 11 is 0. The molecule has 0 spiro atoms. The van der Waals surface area contributed by atoms with Gasteiger partial charge in [0.1, 0.15) is 12.6 Å². The Morgan fingerprint density at radius 1 is 1.03 bits per heavy atom. The molecule has 0 aliphatic carbocycles. The summed E-state index contributed by atoms with van der Waals surface area (Å²) in [5.41, 5.74) is 4.96. The van der Waals surface area contributed by atoms with Crippen molar-refractivity contribution in [3.63, 3.8) is 0 Å². The van der Waals surface area contributed by atoms with Crippen LogP contribution in [0.5, 0.6) is 0 Å². The third kappa shape index (κ3) is 5.37. The molecule has 2 aromatic carbocycles. The Labute approximate surface area is 177 Å². The number of quaternary nitrogens is 1. The van der Waals surface area contributed by atoms with Gasteiger partial charge < -0.3 is 25.5 Å². The Balaban J connectivity index is 1.77. The maximum Gasteiger partial charge on any atom is 0.309 e. The zero-order valence-corrected chi connectivity index (χ0v) is 17.6. The van der Waals surface area contributed by atoms with Crippen molar-refractivity contribution in [2.75, 3.05) is 45.2 Å². The van der Waals surface area contributed by atoms with Crippen molar-refractivity contribution in [1.82, 2.24) is 10.6 Å². The SMILES string of the molecule is CN(C)c1ccc([C@H](CNC(=O)C(=O)NCCO)[NH+]2CCc3ccccc3C2)cc1. The lowest BCUT2D eigenvalue weighted by molar-refractivity contribution is -0.945. The number of benzene rings is 2. The third-order valence-electron chi connectivity index (χ3n) is 5.63. The van der Waals surface area contributed by atoms with Gasteiger partial charge in [-0.3, -0.25) is 9.59 Å². The first-order chi connectivity index (χ1) is 14.5. The number of carbonyl (C=O) groups excluding carboxylic acids is 2. The molecule has 4 N–H and O–H groups in total. The molecule has 7 heteroatoms. The molecule has 2 atom stereocenters. The van der Waals surface area contributed by atoms with Gasteiger partial charge in [0.25, 0.3) is 0 Å². The normalized spacial score (nSPS) is 16.3. The molecular weight excluding hydrogens is 380 g/mol. The van der Waals surface area contributed by atoms with E-state index in [-0.39, 0.29) is 19.2 Å². The number of hydrogen-bond donors (Lipinski definition) is 4. The number of aliphatic hydroxyl groups is 1. The number of aliphatic hydroxyl groups excluding tert-OH is 1. The number of amides is 2. The molecule has 3 rings (SSSR count). The summed E-state index contributed by atoms with van der Waals surface area (Å²) in [7, 11) is 4.01. The molecule has 0 fully saturated rings. The summed E-state index contributed by atoms with van der Waals surface area (Å²) in [5.74, 6) is -1.39. The van der Waals surface area contributed by atoms with Crippen LogP contribution in [-0.2, 0) is 22.6 Å². The lowest BCUT2D eigenvalue weighted by Gasteiger charge is -2.33. The predicted molar refractivity (Wildman–Crippen MR) is 116 cm³/mol. The van der Waals surface area contributed by atoms with E-state index in [1.807, 2.05) is 14.1 Å². The van der Waals surface area contributed by atoms with Crippen LogP contribution in [-0.4, -0.2) is 57.3 Å². The topological polar surface area (TPSA) is 86.1 Å². The van der Waals surface area contributed by atoms with E-state index >= 15 is 0 Å². The van der Waals surface area contributed by atoms with Crippen LogP contribution in [0.2, 0.25) is 0 Å². The van der Waals surface area contributed by atoms with Gasteiger partial charge in [-0.2, -0.15) is 0 Å². The van der Waals surface area contributed by atoms with Crippen molar-refractivity contribution < 1.29 is 19.6 Å². The first-order valence-electron chi connectivity index (χ1n) is 10.3. The zero-order valence-electron chi connectivity index (χ0n) is 17.6. The molecular formula is C23H31N4O3+. The molecule has 1 aliphatic heterocycles. The van der Waals surface area contributed by atoms with Crippen LogP contribution >= 0.6 is 0 Å². The summed E-state index contributed by atoms with van der Waals surface area (Å²) in [4.78, 5) is 27.5. The van der Waals surface area contributed by atoms with Crippen molar-refractivity contribution >= 4 is 17.5 Å². The molecule has 0 aromatic heterocycles. The second kappa shape index (κ2) is 10.2. The minimum Gasteiger partial charge on any atom is -0.395 e. The van der Waals surface area contributed by atoms with E-state index in [1.54, 1.807) is 0 Å². The van der Waals surface area contributed by atoms with Gasteiger partial charge in [-0.15, -0.1) is 0 Å². The number of nitrogens with one attached hydrogen (secondary N) is 3. The summed E-state index contributed by atoms with van der Waals surface area (Å²) in [6, 6.07) is 16.9. The zero-order chi connectivity index (χ0) is 21.5. The number of fused-ring (bicyclic) bond motifs is 1. The Morgan fingerprint density at radius 3 is 2.37 bits per heavy atom. The lowest BCUT2D eigenvalue weighted by atomic mass is 9.96. The minimum atomic E-state index is -0.718. The average molecular weight is 412 g/mol. The van der Waals surface area contributed by atoms with Gasteiger partial charge in [-0.25, -0.2) is 0 Å². The highest BCUT2D eigenvalue weighted by Gasteiger charge is 2.29. The van der Waals surface area contributed by atoms with Gasteiger partial charge in [0.15, 0.2) is 0 Å². The minimum absolute atomic E-state index is 0.0316. The average Bonchev–Trinajstić information content (AvgIpc) is 2.77. The molecule has 0 saturated heterocycles. The van der Waals surface area contributed by atoms with Gasteiger partial charge in [-0.05, 0) is 17.7 Å². The summed E-state index contributed by atoms with van der Waals surface area (Å²) in [5, 5.41) is 14.0.